The first-order valence-electron chi connectivity index (χ1n) is 5.44. The highest BCUT2D eigenvalue weighted by atomic mass is 16.3. The summed E-state index contributed by atoms with van der Waals surface area (Å²) in [4.78, 5) is 2.26. The molecule has 3 N–H and O–H groups in total. The molecule has 1 aromatic carbocycles. The molecule has 1 aliphatic heterocycles. The van der Waals surface area contributed by atoms with E-state index in [1.54, 1.807) is 0 Å². The molecule has 0 amide bonds. The van der Waals surface area contributed by atoms with Crippen molar-refractivity contribution in [3.05, 3.63) is 35.9 Å². The molecule has 0 spiro atoms. The van der Waals surface area contributed by atoms with Crippen LogP contribution in [0.1, 0.15) is 12.0 Å². The third-order valence-corrected chi connectivity index (χ3v) is 3.00. The van der Waals surface area contributed by atoms with Gasteiger partial charge in [-0.2, -0.15) is 0 Å². The van der Waals surface area contributed by atoms with Crippen LogP contribution in [0.2, 0.25) is 0 Å². The van der Waals surface area contributed by atoms with Crippen LogP contribution in [0.4, 0.5) is 0 Å². The number of rotatable bonds is 3. The largest absolute Gasteiger partial charge is 0.395 e. The number of benzene rings is 1. The van der Waals surface area contributed by atoms with Crippen molar-refractivity contribution in [2.75, 3.05) is 13.2 Å². The van der Waals surface area contributed by atoms with Crippen molar-refractivity contribution in [2.24, 2.45) is 5.73 Å². The van der Waals surface area contributed by atoms with Gasteiger partial charge < -0.3 is 10.8 Å². The lowest BCUT2D eigenvalue weighted by molar-refractivity contribution is 0.153. The van der Waals surface area contributed by atoms with E-state index in [0.717, 1.165) is 19.5 Å². The minimum absolute atomic E-state index is 0.209. The van der Waals surface area contributed by atoms with Crippen LogP contribution in [0.5, 0.6) is 0 Å². The predicted octanol–water partition coefficient (Wildman–Crippen LogP) is 0.580. The van der Waals surface area contributed by atoms with Crippen molar-refractivity contribution in [2.45, 2.75) is 25.0 Å². The lowest BCUT2D eigenvalue weighted by Gasteiger charge is -2.22. The molecule has 0 saturated carbocycles. The summed E-state index contributed by atoms with van der Waals surface area (Å²) in [7, 11) is 0. The number of hydrogen-bond acceptors (Lipinski definition) is 3. The molecule has 1 saturated heterocycles. The first-order valence-corrected chi connectivity index (χ1v) is 5.44. The van der Waals surface area contributed by atoms with Gasteiger partial charge in [-0.05, 0) is 12.0 Å². The van der Waals surface area contributed by atoms with Crippen LogP contribution >= 0.6 is 0 Å². The van der Waals surface area contributed by atoms with Gasteiger partial charge in [0, 0.05) is 25.2 Å². The maximum atomic E-state index is 9.24. The third kappa shape index (κ3) is 2.56. The maximum absolute atomic E-state index is 9.24. The molecular formula is C12H18N2O. The fourth-order valence-electron chi connectivity index (χ4n) is 2.22. The molecule has 15 heavy (non-hydrogen) atoms. The topological polar surface area (TPSA) is 49.5 Å². The van der Waals surface area contributed by atoms with E-state index in [1.165, 1.54) is 5.56 Å². The van der Waals surface area contributed by atoms with E-state index in [0.29, 0.717) is 0 Å². The van der Waals surface area contributed by atoms with E-state index in [4.69, 9.17) is 5.73 Å². The second kappa shape index (κ2) is 4.75. The van der Waals surface area contributed by atoms with Gasteiger partial charge in [0.25, 0.3) is 0 Å². The van der Waals surface area contributed by atoms with E-state index < -0.39 is 0 Å². The summed E-state index contributed by atoms with van der Waals surface area (Å²) in [5.41, 5.74) is 7.17. The first-order chi connectivity index (χ1) is 7.29. The lowest BCUT2D eigenvalue weighted by atomic mass is 10.2. The van der Waals surface area contributed by atoms with Gasteiger partial charge in [-0.15, -0.1) is 0 Å². The highest BCUT2D eigenvalue weighted by Crippen LogP contribution is 2.18. The van der Waals surface area contributed by atoms with Crippen LogP contribution in [-0.4, -0.2) is 35.2 Å². The molecule has 2 rings (SSSR count). The molecule has 1 aromatic rings. The SMILES string of the molecule is NC1CC(CO)N(Cc2ccccc2)C1. The summed E-state index contributed by atoms with van der Waals surface area (Å²) in [6.45, 7) is 1.99. The van der Waals surface area contributed by atoms with Gasteiger partial charge in [-0.3, -0.25) is 4.90 Å². The van der Waals surface area contributed by atoms with Crippen LogP contribution in [-0.2, 0) is 6.54 Å². The molecule has 1 fully saturated rings. The van der Waals surface area contributed by atoms with Crippen molar-refractivity contribution < 1.29 is 5.11 Å². The van der Waals surface area contributed by atoms with Crippen molar-refractivity contribution >= 4 is 0 Å². The van der Waals surface area contributed by atoms with E-state index in [9.17, 15) is 5.11 Å². The Balaban J connectivity index is 2.00. The monoisotopic (exact) mass is 206 g/mol. The Morgan fingerprint density at radius 1 is 1.33 bits per heavy atom. The highest BCUT2D eigenvalue weighted by molar-refractivity contribution is 5.15. The van der Waals surface area contributed by atoms with E-state index in [2.05, 4.69) is 17.0 Å². The minimum Gasteiger partial charge on any atom is -0.395 e. The zero-order valence-corrected chi connectivity index (χ0v) is 8.84. The Bertz CT molecular complexity index is 302. The molecule has 1 heterocycles. The van der Waals surface area contributed by atoms with Crippen molar-refractivity contribution in [3.63, 3.8) is 0 Å². The minimum atomic E-state index is 0.209. The average molecular weight is 206 g/mol. The Morgan fingerprint density at radius 3 is 2.73 bits per heavy atom. The van der Waals surface area contributed by atoms with Crippen LogP contribution in [0.3, 0.4) is 0 Å². The maximum Gasteiger partial charge on any atom is 0.0587 e. The van der Waals surface area contributed by atoms with Crippen LogP contribution in [0.25, 0.3) is 0 Å². The molecule has 2 atom stereocenters. The molecule has 1 aliphatic rings. The van der Waals surface area contributed by atoms with Crippen LogP contribution in [0, 0.1) is 0 Å². The summed E-state index contributed by atoms with van der Waals surface area (Å²) in [6.07, 6.45) is 0.906. The molecule has 3 nitrogen and oxygen atoms in total. The van der Waals surface area contributed by atoms with E-state index >= 15 is 0 Å². The third-order valence-electron chi connectivity index (χ3n) is 3.00. The van der Waals surface area contributed by atoms with E-state index in [-0.39, 0.29) is 18.7 Å². The summed E-state index contributed by atoms with van der Waals surface area (Å²) in [5.74, 6) is 0. The molecule has 0 bridgehead atoms. The first kappa shape index (κ1) is 10.6. The average Bonchev–Trinajstić information content (AvgIpc) is 2.60. The highest BCUT2D eigenvalue weighted by Gasteiger charge is 2.28. The second-order valence-corrected chi connectivity index (χ2v) is 4.25. The van der Waals surface area contributed by atoms with Crippen LogP contribution in [0.15, 0.2) is 30.3 Å². The number of aliphatic hydroxyl groups excluding tert-OH is 1. The number of aliphatic hydroxyl groups is 1. The van der Waals surface area contributed by atoms with Crippen LogP contribution < -0.4 is 5.73 Å². The standard InChI is InChI=1S/C12H18N2O/c13-11-6-12(9-15)14(8-11)7-10-4-2-1-3-5-10/h1-5,11-12,15H,6-9,13H2. The van der Waals surface area contributed by atoms with Gasteiger partial charge in [0.1, 0.15) is 0 Å². The van der Waals surface area contributed by atoms with Gasteiger partial charge in [-0.1, -0.05) is 30.3 Å². The molecule has 0 radical (unpaired) electrons. The number of nitrogens with zero attached hydrogens (tertiary/aromatic N) is 1. The molecule has 0 aromatic heterocycles. The molecular weight excluding hydrogens is 188 g/mol. The predicted molar refractivity (Wildman–Crippen MR) is 60.3 cm³/mol. The zero-order valence-electron chi connectivity index (χ0n) is 8.84. The van der Waals surface area contributed by atoms with Crippen molar-refractivity contribution in [1.82, 2.24) is 4.90 Å². The Morgan fingerprint density at radius 2 is 2.07 bits per heavy atom. The second-order valence-electron chi connectivity index (χ2n) is 4.25. The van der Waals surface area contributed by atoms with Crippen molar-refractivity contribution in [1.29, 1.82) is 0 Å². The van der Waals surface area contributed by atoms with Gasteiger partial charge in [-0.25, -0.2) is 0 Å². The molecule has 3 heteroatoms. The lowest BCUT2D eigenvalue weighted by Crippen LogP contribution is -2.32. The van der Waals surface area contributed by atoms with Gasteiger partial charge in [0.2, 0.25) is 0 Å². The molecule has 82 valence electrons. The summed E-state index contributed by atoms with van der Waals surface area (Å²) in [5, 5.41) is 9.24. The Hall–Kier alpha value is -0.900. The smallest absolute Gasteiger partial charge is 0.0587 e. The number of hydrogen-bond donors (Lipinski definition) is 2. The Labute approximate surface area is 90.5 Å². The van der Waals surface area contributed by atoms with Gasteiger partial charge >= 0.3 is 0 Å². The summed E-state index contributed by atoms with van der Waals surface area (Å²) in [6, 6.07) is 10.8. The van der Waals surface area contributed by atoms with Gasteiger partial charge in [0.15, 0.2) is 0 Å². The molecule has 2 unspecified atom stereocenters. The molecule has 0 aliphatic carbocycles. The van der Waals surface area contributed by atoms with E-state index in [1.807, 2.05) is 18.2 Å². The quantitative estimate of drug-likeness (QED) is 0.760. The number of nitrogens with two attached hydrogens (primary N) is 1. The normalized spacial score (nSPS) is 27.1. The zero-order chi connectivity index (χ0) is 10.7. The summed E-state index contributed by atoms with van der Waals surface area (Å²) < 4.78 is 0. The summed E-state index contributed by atoms with van der Waals surface area (Å²) >= 11 is 0. The Kier molecular flexibility index (Phi) is 3.36. The van der Waals surface area contributed by atoms with Gasteiger partial charge in [0.05, 0.1) is 6.61 Å². The van der Waals surface area contributed by atoms with Crippen molar-refractivity contribution in [3.8, 4) is 0 Å². The number of likely N-dealkylation sites (tertiary alicyclic amines) is 1. The fourth-order valence-corrected chi connectivity index (χ4v) is 2.22. The fraction of sp³-hybridized carbons (Fsp3) is 0.500.